The van der Waals surface area contributed by atoms with Crippen LogP contribution in [0, 0.1) is 0 Å². The van der Waals surface area contributed by atoms with Crippen molar-refractivity contribution < 1.29 is 9.90 Å². The van der Waals surface area contributed by atoms with Crippen molar-refractivity contribution in [3.63, 3.8) is 0 Å². The van der Waals surface area contributed by atoms with Crippen LogP contribution in [0.3, 0.4) is 0 Å². The summed E-state index contributed by atoms with van der Waals surface area (Å²) >= 11 is 5.21. The van der Waals surface area contributed by atoms with Crippen LogP contribution < -0.4 is 5.73 Å². The fourth-order valence-corrected chi connectivity index (χ4v) is 3.14. The quantitative estimate of drug-likeness (QED) is 0.766. The van der Waals surface area contributed by atoms with E-state index >= 15 is 0 Å². The maximum absolute atomic E-state index is 10.7. The monoisotopic (exact) mass is 365 g/mol. The standard InChI is InChI=1S/C16H16BrNO2S/c17-13-3-1-2-12(8-13)10-21-14-6-4-11(5-7-14)9-15(18)16(19)20/h1-8,15H,9-10,18H2,(H,19,20)/t15-/m0/s1. The Labute approximate surface area is 136 Å². The van der Waals surface area contributed by atoms with E-state index in [9.17, 15) is 4.79 Å². The van der Waals surface area contributed by atoms with E-state index in [4.69, 9.17) is 10.8 Å². The molecule has 0 spiro atoms. The Hall–Kier alpha value is -1.30. The minimum atomic E-state index is -0.969. The first kappa shape index (κ1) is 16.1. The first-order valence-electron chi connectivity index (χ1n) is 6.49. The minimum absolute atomic E-state index is 0.353. The smallest absolute Gasteiger partial charge is 0.320 e. The molecule has 0 aliphatic rings. The van der Waals surface area contributed by atoms with Crippen molar-refractivity contribution in [3.05, 3.63) is 64.1 Å². The molecule has 110 valence electrons. The van der Waals surface area contributed by atoms with Gasteiger partial charge in [0, 0.05) is 15.1 Å². The predicted molar refractivity (Wildman–Crippen MR) is 89.5 cm³/mol. The molecule has 0 aliphatic heterocycles. The van der Waals surface area contributed by atoms with Crippen LogP contribution in [-0.2, 0) is 17.0 Å². The number of hydrogen-bond donors (Lipinski definition) is 2. The number of carbonyl (C=O) groups is 1. The Morgan fingerprint density at radius 1 is 1.19 bits per heavy atom. The van der Waals surface area contributed by atoms with E-state index < -0.39 is 12.0 Å². The number of carboxylic acids is 1. The van der Waals surface area contributed by atoms with Gasteiger partial charge >= 0.3 is 5.97 Å². The Morgan fingerprint density at radius 2 is 1.90 bits per heavy atom. The Bertz CT molecular complexity index is 616. The van der Waals surface area contributed by atoms with Crippen molar-refractivity contribution in [2.75, 3.05) is 0 Å². The van der Waals surface area contributed by atoms with Crippen LogP contribution >= 0.6 is 27.7 Å². The van der Waals surface area contributed by atoms with Crippen LogP contribution in [0.15, 0.2) is 57.9 Å². The highest BCUT2D eigenvalue weighted by molar-refractivity contribution is 9.10. The minimum Gasteiger partial charge on any atom is -0.480 e. The molecule has 3 nitrogen and oxygen atoms in total. The molecule has 0 aromatic heterocycles. The Balaban J connectivity index is 1.92. The van der Waals surface area contributed by atoms with Gasteiger partial charge in [-0.2, -0.15) is 0 Å². The highest BCUT2D eigenvalue weighted by atomic mass is 79.9. The van der Waals surface area contributed by atoms with Gasteiger partial charge in [0.25, 0.3) is 0 Å². The Morgan fingerprint density at radius 3 is 2.52 bits per heavy atom. The van der Waals surface area contributed by atoms with E-state index in [2.05, 4.69) is 28.1 Å². The van der Waals surface area contributed by atoms with Crippen LogP contribution in [0.4, 0.5) is 0 Å². The molecule has 3 N–H and O–H groups in total. The maximum Gasteiger partial charge on any atom is 0.320 e. The third-order valence-electron chi connectivity index (χ3n) is 2.99. The van der Waals surface area contributed by atoms with Gasteiger partial charge in [0.2, 0.25) is 0 Å². The van der Waals surface area contributed by atoms with Gasteiger partial charge in [-0.25, -0.2) is 0 Å². The van der Waals surface area contributed by atoms with Gasteiger partial charge in [0.05, 0.1) is 0 Å². The van der Waals surface area contributed by atoms with E-state index in [0.29, 0.717) is 6.42 Å². The lowest BCUT2D eigenvalue weighted by Crippen LogP contribution is -2.32. The SMILES string of the molecule is N[C@@H](Cc1ccc(SCc2cccc(Br)c2)cc1)C(=O)O. The van der Waals surface area contributed by atoms with Gasteiger partial charge in [-0.05, 0) is 41.8 Å². The second-order valence-corrected chi connectivity index (χ2v) is 6.68. The molecular formula is C16H16BrNO2S. The lowest BCUT2D eigenvalue weighted by molar-refractivity contribution is -0.138. The summed E-state index contributed by atoms with van der Waals surface area (Å²) in [5, 5.41) is 8.80. The number of thioether (sulfide) groups is 1. The van der Waals surface area contributed by atoms with Crippen molar-refractivity contribution >= 4 is 33.7 Å². The molecule has 0 amide bonds. The van der Waals surface area contributed by atoms with Gasteiger partial charge in [0.15, 0.2) is 0 Å². The molecule has 0 heterocycles. The molecule has 0 radical (unpaired) electrons. The second kappa shape index (κ2) is 7.64. The summed E-state index contributed by atoms with van der Waals surface area (Å²) in [6.45, 7) is 0. The molecule has 0 fully saturated rings. The number of carboxylic acid groups (broad SMARTS) is 1. The lowest BCUT2D eigenvalue weighted by atomic mass is 10.1. The fraction of sp³-hybridized carbons (Fsp3) is 0.188. The normalized spacial score (nSPS) is 12.1. The topological polar surface area (TPSA) is 63.3 Å². The predicted octanol–water partition coefficient (Wildman–Crippen LogP) is 3.70. The van der Waals surface area contributed by atoms with Crippen molar-refractivity contribution in [1.82, 2.24) is 0 Å². The first-order chi connectivity index (χ1) is 10.0. The average Bonchev–Trinajstić information content (AvgIpc) is 2.46. The number of rotatable bonds is 6. The molecular weight excluding hydrogens is 350 g/mol. The third-order valence-corrected chi connectivity index (χ3v) is 4.57. The van der Waals surface area contributed by atoms with Crippen LogP contribution in [0.2, 0.25) is 0 Å². The summed E-state index contributed by atoms with van der Waals surface area (Å²) in [6.07, 6.45) is 0.353. The van der Waals surface area contributed by atoms with Crippen molar-refractivity contribution in [3.8, 4) is 0 Å². The molecule has 1 atom stereocenters. The van der Waals surface area contributed by atoms with Crippen molar-refractivity contribution in [2.45, 2.75) is 23.1 Å². The zero-order chi connectivity index (χ0) is 15.2. The molecule has 2 rings (SSSR count). The van der Waals surface area contributed by atoms with Crippen LogP contribution in [0.5, 0.6) is 0 Å². The number of aliphatic carboxylic acids is 1. The Kier molecular flexibility index (Phi) is 5.85. The highest BCUT2D eigenvalue weighted by Crippen LogP contribution is 2.24. The average molecular weight is 366 g/mol. The van der Waals surface area contributed by atoms with Gasteiger partial charge in [-0.15, -0.1) is 11.8 Å². The molecule has 0 saturated carbocycles. The third kappa shape index (κ3) is 5.19. The summed E-state index contributed by atoms with van der Waals surface area (Å²) in [6, 6.07) is 15.3. The number of benzene rings is 2. The van der Waals surface area contributed by atoms with E-state index in [1.807, 2.05) is 36.4 Å². The summed E-state index contributed by atoms with van der Waals surface area (Å²) in [5.74, 6) is -0.0731. The van der Waals surface area contributed by atoms with Gasteiger partial charge in [-0.1, -0.05) is 40.2 Å². The largest absolute Gasteiger partial charge is 0.480 e. The molecule has 21 heavy (non-hydrogen) atoms. The summed E-state index contributed by atoms with van der Waals surface area (Å²) in [5.41, 5.74) is 7.72. The van der Waals surface area contributed by atoms with Gasteiger partial charge < -0.3 is 10.8 Å². The van der Waals surface area contributed by atoms with Crippen molar-refractivity contribution in [2.24, 2.45) is 5.73 Å². The molecule has 0 bridgehead atoms. The van der Waals surface area contributed by atoms with Crippen molar-refractivity contribution in [1.29, 1.82) is 0 Å². The summed E-state index contributed by atoms with van der Waals surface area (Å²) < 4.78 is 1.08. The summed E-state index contributed by atoms with van der Waals surface area (Å²) in [7, 11) is 0. The van der Waals surface area contributed by atoms with E-state index in [1.165, 1.54) is 5.56 Å². The first-order valence-corrected chi connectivity index (χ1v) is 8.27. The molecule has 2 aromatic carbocycles. The number of hydrogen-bond acceptors (Lipinski definition) is 3. The summed E-state index contributed by atoms with van der Waals surface area (Å²) in [4.78, 5) is 11.9. The fourth-order valence-electron chi connectivity index (χ4n) is 1.86. The van der Waals surface area contributed by atoms with Gasteiger partial charge in [-0.3, -0.25) is 4.79 Å². The molecule has 0 unspecified atom stereocenters. The molecule has 0 aliphatic carbocycles. The maximum atomic E-state index is 10.7. The number of nitrogens with two attached hydrogens (primary N) is 1. The van der Waals surface area contributed by atoms with Crippen LogP contribution in [0.1, 0.15) is 11.1 Å². The lowest BCUT2D eigenvalue weighted by Gasteiger charge is -2.07. The zero-order valence-electron chi connectivity index (χ0n) is 11.3. The molecule has 2 aromatic rings. The van der Waals surface area contributed by atoms with E-state index in [0.717, 1.165) is 20.7 Å². The second-order valence-electron chi connectivity index (χ2n) is 4.71. The zero-order valence-corrected chi connectivity index (χ0v) is 13.7. The highest BCUT2D eigenvalue weighted by Gasteiger charge is 2.11. The molecule has 5 heteroatoms. The van der Waals surface area contributed by atoms with E-state index in [1.54, 1.807) is 11.8 Å². The van der Waals surface area contributed by atoms with Gasteiger partial charge in [0.1, 0.15) is 6.04 Å². The molecule has 0 saturated heterocycles. The van der Waals surface area contributed by atoms with Crippen LogP contribution in [0.25, 0.3) is 0 Å². The van der Waals surface area contributed by atoms with E-state index in [-0.39, 0.29) is 0 Å². The number of halogens is 1. The van der Waals surface area contributed by atoms with Crippen LogP contribution in [-0.4, -0.2) is 17.1 Å².